The molecule has 2 heterocycles. The van der Waals surface area contributed by atoms with Crippen molar-refractivity contribution in [1.82, 2.24) is 19.7 Å². The van der Waals surface area contributed by atoms with Gasteiger partial charge in [-0.1, -0.05) is 23.9 Å². The fourth-order valence-corrected chi connectivity index (χ4v) is 3.64. The van der Waals surface area contributed by atoms with Crippen molar-refractivity contribution in [3.8, 4) is 11.4 Å². The molecule has 1 amide bonds. The summed E-state index contributed by atoms with van der Waals surface area (Å²) in [5, 5.41) is 7.35. The molecule has 0 unspecified atom stereocenters. The van der Waals surface area contributed by atoms with E-state index in [0.29, 0.717) is 16.7 Å². The highest BCUT2D eigenvalue weighted by atomic mass is 32.2. The number of hydrogen-bond acceptors (Lipinski definition) is 6. The van der Waals surface area contributed by atoms with Crippen molar-refractivity contribution in [2.75, 3.05) is 11.1 Å². The van der Waals surface area contributed by atoms with Crippen LogP contribution in [0.15, 0.2) is 64.7 Å². The minimum Gasteiger partial charge on any atom is -0.406 e. The summed E-state index contributed by atoms with van der Waals surface area (Å²) in [5.74, 6) is -0.914. The van der Waals surface area contributed by atoms with E-state index in [0.717, 1.165) is 35.1 Å². The summed E-state index contributed by atoms with van der Waals surface area (Å²) in [5.41, 5.74) is 2.03. The van der Waals surface area contributed by atoms with Crippen LogP contribution in [0.3, 0.4) is 0 Å². The Bertz CT molecular complexity index is 1370. The molecule has 2 aromatic heterocycles. The second-order valence-electron chi connectivity index (χ2n) is 6.91. The number of carbonyl (C=O) groups excluding carboxylic acids is 1. The van der Waals surface area contributed by atoms with E-state index in [1.165, 1.54) is 18.3 Å². The van der Waals surface area contributed by atoms with Gasteiger partial charge >= 0.3 is 6.36 Å². The number of amides is 1. The maximum atomic E-state index is 12.4. The van der Waals surface area contributed by atoms with E-state index >= 15 is 0 Å². The van der Waals surface area contributed by atoms with E-state index in [-0.39, 0.29) is 16.5 Å². The van der Waals surface area contributed by atoms with Crippen molar-refractivity contribution in [1.29, 1.82) is 0 Å². The minimum absolute atomic E-state index is 0.0895. The Labute approximate surface area is 188 Å². The van der Waals surface area contributed by atoms with E-state index < -0.39 is 18.0 Å². The molecule has 2 aromatic carbocycles. The molecule has 0 saturated carbocycles. The number of benzene rings is 2. The van der Waals surface area contributed by atoms with Crippen LogP contribution in [0.25, 0.3) is 16.7 Å². The standard InChI is InChI=1S/C21H16F3N5O3S/c1-12-3-2-4-14(9-12)29-18-16(10-25-29)19(31)28-20(27-18)33-11-17(30)26-13-5-7-15(8-6-13)32-21(22,23)24/h2-10H,11H2,1H3,(H,26,30)(H,27,28,31). The number of rotatable bonds is 6. The molecular formula is C21H16F3N5O3S. The zero-order chi connectivity index (χ0) is 23.6. The second-order valence-corrected chi connectivity index (χ2v) is 7.88. The Morgan fingerprint density at radius 1 is 1.21 bits per heavy atom. The second kappa shape index (κ2) is 8.98. The zero-order valence-electron chi connectivity index (χ0n) is 17.0. The number of H-pyrrole nitrogens is 1. The summed E-state index contributed by atoms with van der Waals surface area (Å²) in [7, 11) is 0. The number of halogens is 3. The maximum Gasteiger partial charge on any atom is 0.573 e. The van der Waals surface area contributed by atoms with Gasteiger partial charge in [0.25, 0.3) is 5.56 Å². The van der Waals surface area contributed by atoms with Gasteiger partial charge in [0.1, 0.15) is 11.1 Å². The minimum atomic E-state index is -4.79. The van der Waals surface area contributed by atoms with E-state index in [4.69, 9.17) is 0 Å². The fraction of sp³-hybridized carbons (Fsp3) is 0.143. The lowest BCUT2D eigenvalue weighted by Gasteiger charge is -2.10. The van der Waals surface area contributed by atoms with E-state index in [9.17, 15) is 22.8 Å². The highest BCUT2D eigenvalue weighted by Gasteiger charge is 2.31. The van der Waals surface area contributed by atoms with Gasteiger partial charge in [-0.05, 0) is 48.9 Å². The lowest BCUT2D eigenvalue weighted by Crippen LogP contribution is -2.17. The molecule has 170 valence electrons. The van der Waals surface area contributed by atoms with Gasteiger partial charge < -0.3 is 15.0 Å². The van der Waals surface area contributed by atoms with Gasteiger partial charge in [-0.3, -0.25) is 9.59 Å². The Balaban J connectivity index is 1.45. The number of anilines is 1. The number of nitrogens with one attached hydrogen (secondary N) is 2. The number of alkyl halides is 3. The highest BCUT2D eigenvalue weighted by molar-refractivity contribution is 7.99. The first-order valence-electron chi connectivity index (χ1n) is 9.51. The number of ether oxygens (including phenoxy) is 1. The third kappa shape index (κ3) is 5.52. The number of aromatic amines is 1. The van der Waals surface area contributed by atoms with Gasteiger partial charge in [0.05, 0.1) is 17.6 Å². The third-order valence-corrected chi connectivity index (χ3v) is 5.25. The largest absolute Gasteiger partial charge is 0.573 e. The molecule has 0 fully saturated rings. The molecule has 0 atom stereocenters. The molecule has 0 saturated heterocycles. The Morgan fingerprint density at radius 3 is 2.67 bits per heavy atom. The summed E-state index contributed by atoms with van der Waals surface area (Å²) in [6, 6.07) is 12.3. The fourth-order valence-electron chi connectivity index (χ4n) is 2.99. The van der Waals surface area contributed by atoms with Gasteiger partial charge in [-0.15, -0.1) is 13.2 Å². The number of fused-ring (bicyclic) bond motifs is 1. The normalized spacial score (nSPS) is 11.5. The van der Waals surface area contributed by atoms with Crippen LogP contribution >= 0.6 is 11.8 Å². The van der Waals surface area contributed by atoms with E-state index in [1.807, 2.05) is 31.2 Å². The van der Waals surface area contributed by atoms with Gasteiger partial charge in [0.15, 0.2) is 10.8 Å². The first-order chi connectivity index (χ1) is 15.7. The topological polar surface area (TPSA) is 102 Å². The quantitative estimate of drug-likeness (QED) is 0.322. The van der Waals surface area contributed by atoms with E-state index in [2.05, 4.69) is 25.1 Å². The van der Waals surface area contributed by atoms with Gasteiger partial charge in [-0.2, -0.15) is 5.10 Å². The molecular weight excluding hydrogens is 459 g/mol. The molecule has 8 nitrogen and oxygen atoms in total. The number of aromatic nitrogens is 4. The molecule has 33 heavy (non-hydrogen) atoms. The average molecular weight is 475 g/mol. The molecule has 0 aliphatic heterocycles. The number of aryl methyl sites for hydroxylation is 1. The summed E-state index contributed by atoms with van der Waals surface area (Å²) in [6.07, 6.45) is -3.36. The first-order valence-corrected chi connectivity index (χ1v) is 10.5. The predicted octanol–water partition coefficient (Wildman–Crippen LogP) is 4.05. The smallest absolute Gasteiger partial charge is 0.406 e. The Kier molecular flexibility index (Phi) is 6.09. The zero-order valence-corrected chi connectivity index (χ0v) is 17.8. The monoisotopic (exact) mass is 475 g/mol. The summed E-state index contributed by atoms with van der Waals surface area (Å²) < 4.78 is 42.0. The van der Waals surface area contributed by atoms with Crippen molar-refractivity contribution in [3.63, 3.8) is 0 Å². The van der Waals surface area contributed by atoms with Crippen molar-refractivity contribution in [2.24, 2.45) is 0 Å². The SMILES string of the molecule is Cc1cccc(-n2ncc3c(=O)[nH]c(SCC(=O)Nc4ccc(OC(F)(F)F)cc4)nc32)c1. The van der Waals surface area contributed by atoms with Gasteiger partial charge in [0, 0.05) is 5.69 Å². The lowest BCUT2D eigenvalue weighted by atomic mass is 10.2. The summed E-state index contributed by atoms with van der Waals surface area (Å²) in [4.78, 5) is 31.7. The third-order valence-electron chi connectivity index (χ3n) is 4.37. The van der Waals surface area contributed by atoms with Crippen molar-refractivity contribution >= 4 is 34.4 Å². The molecule has 0 aliphatic rings. The van der Waals surface area contributed by atoms with Crippen molar-refractivity contribution in [2.45, 2.75) is 18.4 Å². The number of hydrogen-bond donors (Lipinski definition) is 2. The molecule has 0 spiro atoms. The molecule has 4 aromatic rings. The molecule has 0 bridgehead atoms. The Morgan fingerprint density at radius 2 is 1.97 bits per heavy atom. The lowest BCUT2D eigenvalue weighted by molar-refractivity contribution is -0.274. The Hall–Kier alpha value is -3.80. The van der Waals surface area contributed by atoms with Crippen LogP contribution < -0.4 is 15.6 Å². The molecule has 4 rings (SSSR count). The number of thioether (sulfide) groups is 1. The highest BCUT2D eigenvalue weighted by Crippen LogP contribution is 2.24. The van der Waals surface area contributed by atoms with Crippen LogP contribution in [0.4, 0.5) is 18.9 Å². The van der Waals surface area contributed by atoms with Gasteiger partial charge in [-0.25, -0.2) is 9.67 Å². The molecule has 12 heteroatoms. The molecule has 2 N–H and O–H groups in total. The summed E-state index contributed by atoms with van der Waals surface area (Å²) in [6.45, 7) is 1.94. The van der Waals surface area contributed by atoms with Crippen LogP contribution in [0, 0.1) is 6.92 Å². The maximum absolute atomic E-state index is 12.4. The molecule has 0 radical (unpaired) electrons. The van der Waals surface area contributed by atoms with Crippen LogP contribution in [0.5, 0.6) is 5.75 Å². The van der Waals surface area contributed by atoms with Crippen LogP contribution in [-0.2, 0) is 4.79 Å². The predicted molar refractivity (Wildman–Crippen MR) is 117 cm³/mol. The summed E-state index contributed by atoms with van der Waals surface area (Å²) >= 11 is 1.00. The number of nitrogens with zero attached hydrogens (tertiary/aromatic N) is 3. The average Bonchev–Trinajstić information content (AvgIpc) is 3.17. The van der Waals surface area contributed by atoms with Crippen LogP contribution in [-0.4, -0.2) is 37.8 Å². The van der Waals surface area contributed by atoms with Crippen molar-refractivity contribution < 1.29 is 22.7 Å². The van der Waals surface area contributed by atoms with Gasteiger partial charge in [0.2, 0.25) is 5.91 Å². The van der Waals surface area contributed by atoms with Crippen LogP contribution in [0.1, 0.15) is 5.56 Å². The van der Waals surface area contributed by atoms with Crippen LogP contribution in [0.2, 0.25) is 0 Å². The van der Waals surface area contributed by atoms with Crippen molar-refractivity contribution in [3.05, 3.63) is 70.6 Å². The van der Waals surface area contributed by atoms with E-state index in [1.54, 1.807) is 4.68 Å². The first kappa shape index (κ1) is 22.4. The molecule has 0 aliphatic carbocycles. The number of carbonyl (C=O) groups is 1.